The minimum Gasteiger partial charge on any atom is -0.356 e. The van der Waals surface area contributed by atoms with Gasteiger partial charge >= 0.3 is 0 Å². The molecule has 2 aromatic rings. The van der Waals surface area contributed by atoms with E-state index in [9.17, 15) is 14.0 Å². The summed E-state index contributed by atoms with van der Waals surface area (Å²) >= 11 is 6.56. The lowest BCUT2D eigenvalue weighted by molar-refractivity contribution is -0.121. The summed E-state index contributed by atoms with van der Waals surface area (Å²) in [6.07, 6.45) is 0.656. The summed E-state index contributed by atoms with van der Waals surface area (Å²) in [6.45, 7) is 2.14. The Morgan fingerprint density at radius 2 is 1.69 bits per heavy atom. The summed E-state index contributed by atoms with van der Waals surface area (Å²) in [5.74, 6) is -0.722. The predicted molar refractivity (Wildman–Crippen MR) is 108 cm³/mol. The van der Waals surface area contributed by atoms with Crippen molar-refractivity contribution in [2.24, 2.45) is 0 Å². The number of aryl methyl sites for hydroxylation is 2. The predicted octanol–water partition coefficient (Wildman–Crippen LogP) is 4.74. The molecule has 0 saturated heterocycles. The van der Waals surface area contributed by atoms with Gasteiger partial charge in [-0.25, -0.2) is 4.39 Å². The average molecular weight is 486 g/mol. The lowest BCUT2D eigenvalue weighted by Crippen LogP contribution is -2.28. The molecule has 0 aliphatic heterocycles. The molecule has 0 saturated carbocycles. The number of hydrogen-bond donors (Lipinski definition) is 2. The third-order valence-electron chi connectivity index (χ3n) is 3.78. The van der Waals surface area contributed by atoms with Crippen LogP contribution in [0.1, 0.15) is 24.0 Å². The molecule has 0 radical (unpaired) electrons. The van der Waals surface area contributed by atoms with E-state index >= 15 is 0 Å². The Kier molecular flexibility index (Phi) is 7.78. The van der Waals surface area contributed by atoms with E-state index in [-0.39, 0.29) is 37.0 Å². The smallest absolute Gasteiger partial charge is 0.226 e. The maximum absolute atomic E-state index is 13.7. The second-order valence-corrected chi connectivity index (χ2v) is 7.67. The van der Waals surface area contributed by atoms with Gasteiger partial charge in [0.15, 0.2) is 0 Å². The van der Waals surface area contributed by atoms with Gasteiger partial charge in [-0.05, 0) is 48.7 Å². The topological polar surface area (TPSA) is 58.2 Å². The number of halogens is 3. The molecule has 7 heteroatoms. The number of nitrogens with one attached hydrogen (secondary N) is 2. The van der Waals surface area contributed by atoms with E-state index in [1.807, 2.05) is 25.1 Å². The summed E-state index contributed by atoms with van der Waals surface area (Å²) in [7, 11) is 0. The van der Waals surface area contributed by atoms with Crippen molar-refractivity contribution in [1.82, 2.24) is 5.32 Å². The molecule has 0 spiro atoms. The highest BCUT2D eigenvalue weighted by Crippen LogP contribution is 2.20. The van der Waals surface area contributed by atoms with Crippen LogP contribution in [0.4, 0.5) is 10.1 Å². The maximum atomic E-state index is 13.7. The van der Waals surface area contributed by atoms with Gasteiger partial charge in [-0.1, -0.05) is 44.0 Å². The molecule has 0 aliphatic carbocycles. The number of carbonyl (C=O) groups excluding carboxylic acids is 2. The first-order chi connectivity index (χ1) is 12.3. The van der Waals surface area contributed by atoms with E-state index in [0.29, 0.717) is 16.5 Å². The summed E-state index contributed by atoms with van der Waals surface area (Å²) in [6, 6.07) is 10.4. The Morgan fingerprint density at radius 1 is 1.00 bits per heavy atom. The molecule has 0 unspecified atom stereocenters. The van der Waals surface area contributed by atoms with Crippen LogP contribution in [0.3, 0.4) is 0 Å². The van der Waals surface area contributed by atoms with E-state index < -0.39 is 0 Å². The fourth-order valence-corrected chi connectivity index (χ4v) is 3.01. The van der Waals surface area contributed by atoms with Crippen LogP contribution in [0.2, 0.25) is 0 Å². The molecular formula is C19H19Br2FN2O2. The van der Waals surface area contributed by atoms with Crippen LogP contribution in [0.15, 0.2) is 45.3 Å². The van der Waals surface area contributed by atoms with Crippen molar-refractivity contribution in [2.75, 3.05) is 11.9 Å². The second-order valence-electron chi connectivity index (χ2n) is 5.84. The van der Waals surface area contributed by atoms with Crippen molar-refractivity contribution in [1.29, 1.82) is 0 Å². The normalized spacial score (nSPS) is 10.5. The van der Waals surface area contributed by atoms with Crippen molar-refractivity contribution in [3.05, 3.63) is 62.3 Å². The first-order valence-electron chi connectivity index (χ1n) is 8.12. The van der Waals surface area contributed by atoms with Gasteiger partial charge in [0.2, 0.25) is 11.8 Å². The average Bonchev–Trinajstić information content (AvgIpc) is 2.57. The molecule has 2 rings (SSSR count). The quantitative estimate of drug-likeness (QED) is 0.595. The molecule has 2 aromatic carbocycles. The number of carbonyl (C=O) groups is 2. The van der Waals surface area contributed by atoms with Gasteiger partial charge in [0.1, 0.15) is 5.82 Å². The van der Waals surface area contributed by atoms with Crippen LogP contribution in [0, 0.1) is 12.7 Å². The van der Waals surface area contributed by atoms with E-state index in [1.54, 1.807) is 12.1 Å². The van der Waals surface area contributed by atoms with Gasteiger partial charge in [0.05, 0.1) is 0 Å². The van der Waals surface area contributed by atoms with E-state index in [1.165, 1.54) is 6.07 Å². The molecule has 26 heavy (non-hydrogen) atoms. The zero-order valence-electron chi connectivity index (χ0n) is 14.2. The molecular weight excluding hydrogens is 467 g/mol. The molecule has 0 atom stereocenters. The second kappa shape index (κ2) is 9.83. The SMILES string of the molecule is Cc1ccc(Br)cc1NC(=O)CCNC(=O)CCc1ccc(Br)cc1F. The molecule has 0 aliphatic rings. The first-order valence-corrected chi connectivity index (χ1v) is 9.70. The molecule has 2 amide bonds. The molecule has 0 fully saturated rings. The minimum atomic E-state index is -0.337. The van der Waals surface area contributed by atoms with Crippen LogP contribution in [0.5, 0.6) is 0 Å². The highest BCUT2D eigenvalue weighted by Gasteiger charge is 2.09. The Labute approximate surface area is 168 Å². The van der Waals surface area contributed by atoms with Gasteiger partial charge < -0.3 is 10.6 Å². The van der Waals surface area contributed by atoms with Crippen LogP contribution < -0.4 is 10.6 Å². The standard InChI is InChI=1S/C19H19Br2FN2O2/c1-12-2-5-15(21)11-17(12)24-19(26)8-9-23-18(25)7-4-13-3-6-14(20)10-16(13)22/h2-3,5-6,10-11H,4,7-9H2,1H3,(H,23,25)(H,24,26). The van der Waals surface area contributed by atoms with Crippen molar-refractivity contribution >= 4 is 49.4 Å². The van der Waals surface area contributed by atoms with Gasteiger partial charge in [-0.15, -0.1) is 0 Å². The Balaban J connectivity index is 1.72. The number of hydrogen-bond acceptors (Lipinski definition) is 2. The van der Waals surface area contributed by atoms with Gasteiger partial charge in [0, 0.05) is 34.0 Å². The lowest BCUT2D eigenvalue weighted by Gasteiger charge is -2.10. The summed E-state index contributed by atoms with van der Waals surface area (Å²) < 4.78 is 15.3. The Bertz CT molecular complexity index is 812. The van der Waals surface area contributed by atoms with Crippen LogP contribution in [-0.4, -0.2) is 18.4 Å². The highest BCUT2D eigenvalue weighted by atomic mass is 79.9. The molecule has 4 nitrogen and oxygen atoms in total. The minimum absolute atomic E-state index is 0.171. The summed E-state index contributed by atoms with van der Waals surface area (Å²) in [5.41, 5.74) is 2.19. The van der Waals surface area contributed by atoms with Gasteiger partial charge in [-0.2, -0.15) is 0 Å². The maximum Gasteiger partial charge on any atom is 0.226 e. The number of rotatable bonds is 7. The van der Waals surface area contributed by atoms with Crippen molar-refractivity contribution in [3.8, 4) is 0 Å². The van der Waals surface area contributed by atoms with Crippen LogP contribution in [0.25, 0.3) is 0 Å². The largest absolute Gasteiger partial charge is 0.356 e. The summed E-state index contributed by atoms with van der Waals surface area (Å²) in [5, 5.41) is 5.51. The van der Waals surface area contributed by atoms with E-state index in [4.69, 9.17) is 0 Å². The Morgan fingerprint density at radius 3 is 2.42 bits per heavy atom. The van der Waals surface area contributed by atoms with Crippen molar-refractivity contribution in [2.45, 2.75) is 26.2 Å². The molecule has 0 aromatic heterocycles. The molecule has 138 valence electrons. The molecule has 2 N–H and O–H groups in total. The monoisotopic (exact) mass is 484 g/mol. The fourth-order valence-electron chi connectivity index (χ4n) is 2.32. The van der Waals surface area contributed by atoms with Crippen LogP contribution in [-0.2, 0) is 16.0 Å². The molecule has 0 bridgehead atoms. The third kappa shape index (κ3) is 6.53. The zero-order chi connectivity index (χ0) is 19.1. The number of benzene rings is 2. The van der Waals surface area contributed by atoms with Crippen molar-refractivity contribution < 1.29 is 14.0 Å². The lowest BCUT2D eigenvalue weighted by atomic mass is 10.1. The summed E-state index contributed by atoms with van der Waals surface area (Å²) in [4.78, 5) is 23.8. The van der Waals surface area contributed by atoms with Gasteiger partial charge in [-0.3, -0.25) is 9.59 Å². The number of anilines is 1. The fraction of sp³-hybridized carbons (Fsp3) is 0.263. The first kappa shape index (κ1) is 20.6. The molecule has 0 heterocycles. The number of amides is 2. The van der Waals surface area contributed by atoms with E-state index in [0.717, 1.165) is 15.7 Å². The third-order valence-corrected chi connectivity index (χ3v) is 4.77. The van der Waals surface area contributed by atoms with Gasteiger partial charge in [0.25, 0.3) is 0 Å². The Hall–Kier alpha value is -1.73. The van der Waals surface area contributed by atoms with E-state index in [2.05, 4.69) is 42.5 Å². The van der Waals surface area contributed by atoms with Crippen molar-refractivity contribution in [3.63, 3.8) is 0 Å². The highest BCUT2D eigenvalue weighted by molar-refractivity contribution is 9.10. The van der Waals surface area contributed by atoms with Crippen LogP contribution >= 0.6 is 31.9 Å². The zero-order valence-corrected chi connectivity index (χ0v) is 17.4.